The van der Waals surface area contributed by atoms with Crippen LogP contribution in [0.4, 0.5) is 0 Å². The zero-order valence-electron chi connectivity index (χ0n) is 16.7. The molecule has 1 amide bonds. The number of carbonyl (C=O) groups is 1. The number of hydrogen-bond donors (Lipinski definition) is 0. The van der Waals surface area contributed by atoms with Crippen LogP contribution in [0.5, 0.6) is 5.75 Å². The minimum absolute atomic E-state index is 0.422. The lowest BCUT2D eigenvalue weighted by molar-refractivity contribution is -0.142. The Balaban J connectivity index is 1.35. The molecule has 4 heteroatoms. The minimum atomic E-state index is 0.422. The molecule has 0 unspecified atom stereocenters. The number of methoxy groups -OCH3 is 1. The second kappa shape index (κ2) is 8.64. The maximum Gasteiger partial charge on any atom is 0.222 e. The van der Waals surface area contributed by atoms with Gasteiger partial charge in [-0.2, -0.15) is 0 Å². The van der Waals surface area contributed by atoms with Crippen molar-refractivity contribution in [3.05, 3.63) is 29.8 Å². The van der Waals surface area contributed by atoms with E-state index in [2.05, 4.69) is 21.9 Å². The molecule has 1 aromatic rings. The van der Waals surface area contributed by atoms with Crippen LogP contribution in [0.15, 0.2) is 24.3 Å². The highest BCUT2D eigenvalue weighted by molar-refractivity contribution is 5.77. The maximum absolute atomic E-state index is 12.7. The number of ether oxygens (including phenoxy) is 1. The first kappa shape index (κ1) is 18.8. The lowest BCUT2D eigenvalue weighted by Crippen LogP contribution is -2.56. The van der Waals surface area contributed by atoms with Crippen LogP contribution in [0.25, 0.3) is 0 Å². The summed E-state index contributed by atoms with van der Waals surface area (Å²) in [6, 6.07) is 8.93. The predicted octanol–water partition coefficient (Wildman–Crippen LogP) is 4.09. The minimum Gasteiger partial charge on any atom is -0.497 e. The number of nitrogens with zero attached hydrogens (tertiary/aromatic N) is 2. The van der Waals surface area contributed by atoms with Gasteiger partial charge in [0, 0.05) is 38.6 Å². The summed E-state index contributed by atoms with van der Waals surface area (Å²) in [6.45, 7) is 4.26. The third-order valence-electron chi connectivity index (χ3n) is 6.97. The Morgan fingerprint density at radius 2 is 1.81 bits per heavy atom. The molecule has 1 aliphatic carbocycles. The number of carbonyl (C=O) groups excluding carboxylic acids is 1. The number of amides is 1. The molecular formula is C23H34N2O2. The Kier molecular flexibility index (Phi) is 6.01. The number of hydrogen-bond acceptors (Lipinski definition) is 3. The molecule has 0 aromatic heterocycles. The summed E-state index contributed by atoms with van der Waals surface area (Å²) in [5.74, 6) is 2.74. The van der Waals surface area contributed by atoms with Crippen molar-refractivity contribution in [3.8, 4) is 5.75 Å². The predicted molar refractivity (Wildman–Crippen MR) is 108 cm³/mol. The van der Waals surface area contributed by atoms with Crippen molar-refractivity contribution in [2.24, 2.45) is 11.8 Å². The summed E-state index contributed by atoms with van der Waals surface area (Å²) in [6.07, 6.45) is 9.71. The Bertz CT molecular complexity index is 624. The van der Waals surface area contributed by atoms with Gasteiger partial charge in [-0.25, -0.2) is 0 Å². The first-order chi connectivity index (χ1) is 13.2. The highest BCUT2D eigenvalue weighted by Gasteiger charge is 2.39. The molecule has 2 saturated heterocycles. The molecule has 1 aromatic carbocycles. The van der Waals surface area contributed by atoms with E-state index in [0.29, 0.717) is 17.9 Å². The van der Waals surface area contributed by atoms with Gasteiger partial charge in [-0.15, -0.1) is 0 Å². The van der Waals surface area contributed by atoms with Crippen molar-refractivity contribution in [1.29, 1.82) is 0 Å². The fourth-order valence-corrected chi connectivity index (χ4v) is 5.44. The smallest absolute Gasteiger partial charge is 0.222 e. The van der Waals surface area contributed by atoms with Gasteiger partial charge in [0.05, 0.1) is 7.11 Å². The second-order valence-corrected chi connectivity index (χ2v) is 8.79. The first-order valence-electron chi connectivity index (χ1n) is 10.9. The third-order valence-corrected chi connectivity index (χ3v) is 6.97. The van der Waals surface area contributed by atoms with E-state index in [1.54, 1.807) is 7.11 Å². The van der Waals surface area contributed by atoms with Gasteiger partial charge in [-0.05, 0) is 55.2 Å². The molecule has 0 bridgehead atoms. The van der Waals surface area contributed by atoms with Crippen molar-refractivity contribution < 1.29 is 9.53 Å². The standard InChI is InChI=1S/C23H34N2O2/c1-27-21-10-7-19(8-11-21)15-24-14-13-22-20(17-24)9-12-23(26)25(22)16-18-5-3-2-4-6-18/h7-8,10-11,18,20,22H,2-6,9,12-17H2,1H3/t20-,22+/m1/s1. The molecule has 2 atom stereocenters. The van der Waals surface area contributed by atoms with Gasteiger partial charge >= 0.3 is 0 Å². The van der Waals surface area contributed by atoms with Crippen molar-refractivity contribution in [2.75, 3.05) is 26.7 Å². The summed E-state index contributed by atoms with van der Waals surface area (Å²) in [4.78, 5) is 17.5. The molecule has 1 saturated carbocycles. The normalized spacial score (nSPS) is 27.4. The SMILES string of the molecule is COc1ccc(CN2CC[C@H]3[C@H](CCC(=O)N3CC3CCCCC3)C2)cc1. The van der Waals surface area contributed by atoms with E-state index in [-0.39, 0.29) is 0 Å². The molecule has 2 heterocycles. The highest BCUT2D eigenvalue weighted by atomic mass is 16.5. The van der Waals surface area contributed by atoms with E-state index in [0.717, 1.165) is 57.1 Å². The Morgan fingerprint density at radius 3 is 2.56 bits per heavy atom. The topological polar surface area (TPSA) is 32.8 Å². The monoisotopic (exact) mass is 370 g/mol. The zero-order valence-corrected chi connectivity index (χ0v) is 16.7. The molecule has 148 valence electrons. The Hall–Kier alpha value is -1.55. The summed E-state index contributed by atoms with van der Waals surface area (Å²) in [7, 11) is 1.71. The molecule has 3 fully saturated rings. The molecule has 27 heavy (non-hydrogen) atoms. The lowest BCUT2D eigenvalue weighted by Gasteiger charge is -2.48. The quantitative estimate of drug-likeness (QED) is 0.783. The largest absolute Gasteiger partial charge is 0.497 e. The van der Waals surface area contributed by atoms with Crippen LogP contribution in [0.2, 0.25) is 0 Å². The van der Waals surface area contributed by atoms with Gasteiger partial charge in [-0.1, -0.05) is 31.4 Å². The van der Waals surface area contributed by atoms with Crippen molar-refractivity contribution in [2.45, 2.75) is 64.0 Å². The summed E-state index contributed by atoms with van der Waals surface area (Å²) < 4.78 is 5.26. The molecule has 0 radical (unpaired) electrons. The van der Waals surface area contributed by atoms with E-state index in [9.17, 15) is 4.79 Å². The number of fused-ring (bicyclic) bond motifs is 1. The fraction of sp³-hybridized carbons (Fsp3) is 0.696. The molecular weight excluding hydrogens is 336 g/mol. The number of rotatable bonds is 5. The summed E-state index contributed by atoms with van der Waals surface area (Å²) in [5, 5.41) is 0. The first-order valence-corrected chi connectivity index (χ1v) is 10.9. The van der Waals surface area contributed by atoms with E-state index in [4.69, 9.17) is 4.74 Å². The van der Waals surface area contributed by atoms with Gasteiger partial charge in [0.1, 0.15) is 5.75 Å². The fourth-order valence-electron chi connectivity index (χ4n) is 5.44. The van der Waals surface area contributed by atoms with Crippen LogP contribution in [0, 0.1) is 11.8 Å². The van der Waals surface area contributed by atoms with E-state index >= 15 is 0 Å². The Morgan fingerprint density at radius 1 is 1.04 bits per heavy atom. The maximum atomic E-state index is 12.7. The zero-order chi connectivity index (χ0) is 18.6. The third kappa shape index (κ3) is 4.48. The average Bonchev–Trinajstić information content (AvgIpc) is 2.71. The van der Waals surface area contributed by atoms with Crippen LogP contribution in [-0.4, -0.2) is 48.5 Å². The molecule has 4 rings (SSSR count). The molecule has 0 spiro atoms. The number of benzene rings is 1. The van der Waals surface area contributed by atoms with Crippen LogP contribution in [0.1, 0.15) is 56.9 Å². The second-order valence-electron chi connectivity index (χ2n) is 8.79. The van der Waals surface area contributed by atoms with Crippen LogP contribution in [0.3, 0.4) is 0 Å². The lowest BCUT2D eigenvalue weighted by atomic mass is 9.81. The van der Waals surface area contributed by atoms with Gasteiger partial charge in [0.15, 0.2) is 0 Å². The van der Waals surface area contributed by atoms with E-state index < -0.39 is 0 Å². The number of piperidine rings is 2. The molecule has 2 aliphatic heterocycles. The Labute approximate surface area is 163 Å². The van der Waals surface area contributed by atoms with Crippen molar-refractivity contribution >= 4 is 5.91 Å². The van der Waals surface area contributed by atoms with Gasteiger partial charge in [0.2, 0.25) is 5.91 Å². The van der Waals surface area contributed by atoms with E-state index in [1.165, 1.54) is 37.7 Å². The number of likely N-dealkylation sites (tertiary alicyclic amines) is 2. The molecule has 4 nitrogen and oxygen atoms in total. The molecule has 3 aliphatic rings. The van der Waals surface area contributed by atoms with Crippen LogP contribution >= 0.6 is 0 Å². The van der Waals surface area contributed by atoms with Crippen molar-refractivity contribution in [3.63, 3.8) is 0 Å². The van der Waals surface area contributed by atoms with Gasteiger partial charge in [-0.3, -0.25) is 9.69 Å². The van der Waals surface area contributed by atoms with Crippen molar-refractivity contribution in [1.82, 2.24) is 9.80 Å². The van der Waals surface area contributed by atoms with E-state index in [1.807, 2.05) is 12.1 Å². The average molecular weight is 371 g/mol. The highest BCUT2D eigenvalue weighted by Crippen LogP contribution is 2.34. The van der Waals surface area contributed by atoms with Crippen LogP contribution < -0.4 is 4.74 Å². The molecule has 0 N–H and O–H groups in total. The van der Waals surface area contributed by atoms with Crippen LogP contribution in [-0.2, 0) is 11.3 Å². The van der Waals surface area contributed by atoms with Gasteiger partial charge < -0.3 is 9.64 Å². The van der Waals surface area contributed by atoms with Gasteiger partial charge in [0.25, 0.3) is 0 Å². The summed E-state index contributed by atoms with van der Waals surface area (Å²) >= 11 is 0. The summed E-state index contributed by atoms with van der Waals surface area (Å²) in [5.41, 5.74) is 1.35.